The summed E-state index contributed by atoms with van der Waals surface area (Å²) < 4.78 is 12.1. The van der Waals surface area contributed by atoms with Crippen LogP contribution >= 0.6 is 11.6 Å². The Labute approximate surface area is 159 Å². The van der Waals surface area contributed by atoms with Crippen LogP contribution in [0.15, 0.2) is 18.2 Å². The summed E-state index contributed by atoms with van der Waals surface area (Å²) in [4.78, 5) is 11.8. The number of carboxylic acids is 1. The molecule has 1 aromatic rings. The molecule has 4 nitrogen and oxygen atoms in total. The third-order valence-corrected chi connectivity index (χ3v) is 6.76. The van der Waals surface area contributed by atoms with E-state index in [0.29, 0.717) is 22.6 Å². The fourth-order valence-corrected chi connectivity index (χ4v) is 5.59. The number of aliphatic carboxylic acids is 1. The summed E-state index contributed by atoms with van der Waals surface area (Å²) in [5.41, 5.74) is 0.445. The zero-order valence-electron chi connectivity index (χ0n) is 15.1. The minimum Gasteiger partial charge on any atom is -0.477 e. The minimum absolute atomic E-state index is 0.338. The maximum absolute atomic E-state index is 11.8. The first-order valence-electron chi connectivity index (χ1n) is 9.98. The van der Waals surface area contributed by atoms with Crippen molar-refractivity contribution in [2.24, 2.45) is 11.8 Å². The fraction of sp³-hybridized carbons (Fsp3) is 0.667. The van der Waals surface area contributed by atoms with E-state index in [0.717, 1.165) is 31.2 Å². The van der Waals surface area contributed by atoms with Gasteiger partial charge in [0.1, 0.15) is 11.4 Å². The number of ether oxygens (including phenoxy) is 2. The molecule has 1 unspecified atom stereocenters. The Morgan fingerprint density at radius 3 is 2.12 bits per heavy atom. The molecule has 2 aliphatic carbocycles. The summed E-state index contributed by atoms with van der Waals surface area (Å²) in [6.07, 6.45) is 10.3. The Morgan fingerprint density at radius 1 is 1.00 bits per heavy atom. The molecule has 26 heavy (non-hydrogen) atoms. The van der Waals surface area contributed by atoms with Gasteiger partial charge in [-0.25, -0.2) is 4.79 Å². The first kappa shape index (κ1) is 18.1. The first-order valence-corrected chi connectivity index (χ1v) is 10.4. The molecule has 0 bridgehead atoms. The maximum atomic E-state index is 11.8. The average molecular weight is 379 g/mol. The minimum atomic E-state index is -1.26. The van der Waals surface area contributed by atoms with Gasteiger partial charge in [0.05, 0.1) is 0 Å². The number of benzene rings is 1. The molecule has 2 fully saturated rings. The molecule has 0 amide bonds. The summed E-state index contributed by atoms with van der Waals surface area (Å²) in [7, 11) is 0. The van der Waals surface area contributed by atoms with E-state index in [-0.39, 0.29) is 0 Å². The van der Waals surface area contributed by atoms with E-state index in [1.165, 1.54) is 38.5 Å². The highest BCUT2D eigenvalue weighted by Crippen LogP contribution is 2.56. The molecule has 0 saturated heterocycles. The van der Waals surface area contributed by atoms with Crippen molar-refractivity contribution < 1.29 is 19.4 Å². The van der Waals surface area contributed by atoms with Gasteiger partial charge in [0, 0.05) is 10.6 Å². The number of carboxylic acid groups (broad SMARTS) is 1. The predicted octanol–water partition coefficient (Wildman–Crippen LogP) is 5.52. The SMILES string of the molecule is O=C(O)C1Oc2cc(Cl)ccc2C(C2CCCCC2)(C2CCCCC2)O1. The highest BCUT2D eigenvalue weighted by molar-refractivity contribution is 6.30. The van der Waals surface area contributed by atoms with Crippen LogP contribution in [0.1, 0.15) is 69.8 Å². The van der Waals surface area contributed by atoms with E-state index in [1.807, 2.05) is 12.1 Å². The standard InChI is InChI=1S/C21H27ClO4/c22-16-11-12-17-18(13-16)25-20(19(23)24)26-21(17,14-7-3-1-4-8-14)15-9-5-2-6-10-15/h11-15,20H,1-10H2,(H,23,24). The van der Waals surface area contributed by atoms with E-state index in [1.54, 1.807) is 6.07 Å². The first-order chi connectivity index (χ1) is 12.6. The molecule has 3 aliphatic rings. The second kappa shape index (κ2) is 7.40. The van der Waals surface area contributed by atoms with Crippen molar-refractivity contribution in [3.05, 3.63) is 28.8 Å². The van der Waals surface area contributed by atoms with E-state index in [2.05, 4.69) is 0 Å². The summed E-state index contributed by atoms with van der Waals surface area (Å²) in [5.74, 6) is 0.203. The van der Waals surface area contributed by atoms with Gasteiger partial charge in [-0.1, -0.05) is 56.2 Å². The van der Waals surface area contributed by atoms with Crippen molar-refractivity contribution >= 4 is 17.6 Å². The molecule has 4 rings (SSSR count). The van der Waals surface area contributed by atoms with E-state index in [4.69, 9.17) is 21.1 Å². The second-order valence-electron chi connectivity index (χ2n) is 8.01. The Bertz CT molecular complexity index is 644. The van der Waals surface area contributed by atoms with Crippen LogP contribution in [-0.2, 0) is 15.1 Å². The van der Waals surface area contributed by atoms with Crippen LogP contribution in [0.3, 0.4) is 0 Å². The van der Waals surface area contributed by atoms with Gasteiger partial charge in [0.25, 0.3) is 6.29 Å². The predicted molar refractivity (Wildman–Crippen MR) is 99.4 cm³/mol. The molecule has 1 aromatic carbocycles. The number of fused-ring (bicyclic) bond motifs is 1. The number of rotatable bonds is 3. The highest BCUT2D eigenvalue weighted by Gasteiger charge is 2.54. The zero-order chi connectivity index (χ0) is 18.1. The van der Waals surface area contributed by atoms with Gasteiger partial charge >= 0.3 is 5.97 Å². The van der Waals surface area contributed by atoms with Crippen molar-refractivity contribution in [1.82, 2.24) is 0 Å². The summed E-state index contributed by atoms with van der Waals surface area (Å²) >= 11 is 6.20. The van der Waals surface area contributed by atoms with Crippen molar-refractivity contribution in [2.45, 2.75) is 76.1 Å². The van der Waals surface area contributed by atoms with Gasteiger partial charge in [-0.15, -0.1) is 0 Å². The van der Waals surface area contributed by atoms with E-state index < -0.39 is 17.9 Å². The third-order valence-electron chi connectivity index (χ3n) is 6.53. The van der Waals surface area contributed by atoms with Gasteiger partial charge in [0.15, 0.2) is 0 Å². The van der Waals surface area contributed by atoms with Crippen molar-refractivity contribution in [1.29, 1.82) is 0 Å². The van der Waals surface area contributed by atoms with Gasteiger partial charge in [-0.2, -0.15) is 0 Å². The lowest BCUT2D eigenvalue weighted by atomic mass is 9.63. The monoisotopic (exact) mass is 378 g/mol. The van der Waals surface area contributed by atoms with Crippen LogP contribution in [0.4, 0.5) is 0 Å². The molecular weight excluding hydrogens is 352 g/mol. The quantitative estimate of drug-likeness (QED) is 0.752. The number of carbonyl (C=O) groups is 1. The topological polar surface area (TPSA) is 55.8 Å². The average Bonchev–Trinajstić information content (AvgIpc) is 2.68. The molecule has 0 radical (unpaired) electrons. The Morgan fingerprint density at radius 2 is 1.58 bits per heavy atom. The Balaban J connectivity index is 1.85. The van der Waals surface area contributed by atoms with Crippen molar-refractivity contribution in [2.75, 3.05) is 0 Å². The van der Waals surface area contributed by atoms with E-state index in [9.17, 15) is 9.90 Å². The second-order valence-corrected chi connectivity index (χ2v) is 8.45. The normalized spacial score (nSPS) is 26.7. The van der Waals surface area contributed by atoms with Crippen LogP contribution in [0.2, 0.25) is 5.02 Å². The van der Waals surface area contributed by atoms with Gasteiger partial charge < -0.3 is 14.6 Å². The maximum Gasteiger partial charge on any atom is 0.373 e. The smallest absolute Gasteiger partial charge is 0.373 e. The lowest BCUT2D eigenvalue weighted by molar-refractivity contribution is -0.252. The van der Waals surface area contributed by atoms with Gasteiger partial charge in [0.2, 0.25) is 0 Å². The molecule has 1 N–H and O–H groups in total. The van der Waals surface area contributed by atoms with Crippen LogP contribution in [0.5, 0.6) is 5.75 Å². The molecule has 1 aliphatic heterocycles. The molecule has 5 heteroatoms. The number of halogens is 1. The van der Waals surface area contributed by atoms with Crippen LogP contribution in [0.25, 0.3) is 0 Å². The van der Waals surface area contributed by atoms with Crippen molar-refractivity contribution in [3.63, 3.8) is 0 Å². The van der Waals surface area contributed by atoms with E-state index >= 15 is 0 Å². The zero-order valence-corrected chi connectivity index (χ0v) is 15.8. The Hall–Kier alpha value is -1.26. The number of hydrogen-bond donors (Lipinski definition) is 1. The molecule has 0 spiro atoms. The molecule has 0 aromatic heterocycles. The summed E-state index contributed by atoms with van der Waals surface area (Å²) in [6.45, 7) is 0. The Kier molecular flexibility index (Phi) is 5.15. The molecule has 142 valence electrons. The summed E-state index contributed by atoms with van der Waals surface area (Å²) in [5, 5.41) is 10.2. The van der Waals surface area contributed by atoms with Crippen LogP contribution in [-0.4, -0.2) is 17.4 Å². The third kappa shape index (κ3) is 3.11. The molecule has 1 heterocycles. The highest BCUT2D eigenvalue weighted by atomic mass is 35.5. The van der Waals surface area contributed by atoms with Crippen LogP contribution in [0, 0.1) is 11.8 Å². The lowest BCUT2D eigenvalue weighted by Crippen LogP contribution is -2.54. The number of hydrogen-bond acceptors (Lipinski definition) is 3. The van der Waals surface area contributed by atoms with Crippen molar-refractivity contribution in [3.8, 4) is 5.75 Å². The van der Waals surface area contributed by atoms with Gasteiger partial charge in [-0.05, 0) is 49.7 Å². The molecule has 2 saturated carbocycles. The van der Waals surface area contributed by atoms with Crippen LogP contribution < -0.4 is 4.74 Å². The molecule has 1 atom stereocenters. The lowest BCUT2D eigenvalue weighted by Gasteiger charge is -2.52. The largest absolute Gasteiger partial charge is 0.477 e. The van der Waals surface area contributed by atoms with Gasteiger partial charge in [-0.3, -0.25) is 0 Å². The fourth-order valence-electron chi connectivity index (χ4n) is 5.43. The molecular formula is C21H27ClO4. The summed E-state index contributed by atoms with van der Waals surface area (Å²) in [6, 6.07) is 5.66.